The first-order chi connectivity index (χ1) is 8.47. The lowest BCUT2D eigenvalue weighted by atomic mass is 10.3. The van der Waals surface area contributed by atoms with Gasteiger partial charge in [0.15, 0.2) is 6.20 Å². The van der Waals surface area contributed by atoms with E-state index in [1.54, 1.807) is 43.9 Å². The van der Waals surface area contributed by atoms with E-state index < -0.39 is 0 Å². The molecule has 0 amide bonds. The van der Waals surface area contributed by atoms with E-state index in [0.717, 1.165) is 5.69 Å². The van der Waals surface area contributed by atoms with Crippen molar-refractivity contribution >= 4 is 5.71 Å². The Bertz CT molecular complexity index is 516. The summed E-state index contributed by atoms with van der Waals surface area (Å²) >= 11 is 0. The van der Waals surface area contributed by atoms with E-state index >= 15 is 0 Å². The number of hydrogen-bond acceptors (Lipinski definition) is 3. The van der Waals surface area contributed by atoms with Gasteiger partial charge in [0.1, 0.15) is 18.6 Å². The maximum absolute atomic E-state index is 10.0. The number of nitrogens with zero attached hydrogens (tertiary/aromatic N) is 2. The van der Waals surface area contributed by atoms with Gasteiger partial charge in [-0.25, -0.2) is 4.58 Å². The first kappa shape index (κ1) is 14.0. The van der Waals surface area contributed by atoms with Crippen LogP contribution in [0, 0.1) is 6.92 Å². The van der Waals surface area contributed by atoms with Crippen molar-refractivity contribution in [2.45, 2.75) is 20.8 Å². The second kappa shape index (κ2) is 6.00. The molecule has 0 aliphatic carbocycles. The van der Waals surface area contributed by atoms with Gasteiger partial charge in [0.05, 0.1) is 5.69 Å². The maximum atomic E-state index is 10.0. The van der Waals surface area contributed by atoms with Gasteiger partial charge in [-0.3, -0.25) is 4.98 Å². The molecule has 0 aromatic carbocycles. The Labute approximate surface area is 108 Å². The summed E-state index contributed by atoms with van der Waals surface area (Å²) in [6, 6.07) is 3.60. The molecular formula is C14H19N2O2+. The zero-order valence-electron chi connectivity index (χ0n) is 11.3. The van der Waals surface area contributed by atoms with Crippen molar-refractivity contribution in [2.24, 2.45) is 0 Å². The summed E-state index contributed by atoms with van der Waals surface area (Å²) in [5.41, 5.74) is 1.45. The Balaban J connectivity index is 3.04. The molecule has 0 unspecified atom stereocenters. The number of pyridine rings is 1. The van der Waals surface area contributed by atoms with Crippen molar-refractivity contribution in [3.8, 4) is 5.75 Å². The molecule has 0 saturated carbocycles. The predicted molar refractivity (Wildman–Crippen MR) is 72.0 cm³/mol. The van der Waals surface area contributed by atoms with E-state index in [0.29, 0.717) is 17.2 Å². The molecular weight excluding hydrogens is 228 g/mol. The van der Waals surface area contributed by atoms with Crippen molar-refractivity contribution in [2.75, 3.05) is 7.05 Å². The zero-order chi connectivity index (χ0) is 13.7. The topological polar surface area (TPSA) is 45.4 Å². The zero-order valence-corrected chi connectivity index (χ0v) is 11.3. The fraction of sp³-hybridized carbons (Fsp3) is 0.286. The Morgan fingerprint density at radius 3 is 2.72 bits per heavy atom. The van der Waals surface area contributed by atoms with Crippen molar-refractivity contribution in [3.63, 3.8) is 0 Å². The minimum Gasteiger partial charge on any atom is -0.500 e. The molecule has 4 nitrogen and oxygen atoms in total. The molecule has 0 aliphatic heterocycles. The lowest BCUT2D eigenvalue weighted by Crippen LogP contribution is -2.14. The first-order valence-corrected chi connectivity index (χ1v) is 5.66. The average Bonchev–Trinajstić information content (AvgIpc) is 2.38. The second-order valence-corrected chi connectivity index (χ2v) is 3.97. The van der Waals surface area contributed by atoms with E-state index in [4.69, 9.17) is 4.74 Å². The first-order valence-electron chi connectivity index (χ1n) is 5.66. The molecule has 0 bridgehead atoms. The Morgan fingerprint density at radius 2 is 2.17 bits per heavy atom. The van der Waals surface area contributed by atoms with Crippen LogP contribution in [0.3, 0.4) is 0 Å². The molecule has 96 valence electrons. The highest BCUT2D eigenvalue weighted by molar-refractivity contribution is 5.92. The molecule has 1 aromatic heterocycles. The van der Waals surface area contributed by atoms with Crippen LogP contribution in [0.2, 0.25) is 0 Å². The van der Waals surface area contributed by atoms with E-state index in [9.17, 15) is 5.11 Å². The summed E-state index contributed by atoms with van der Waals surface area (Å²) in [4.78, 5) is 4.13. The van der Waals surface area contributed by atoms with Gasteiger partial charge in [0.25, 0.3) is 0 Å². The van der Waals surface area contributed by atoms with Crippen molar-refractivity contribution in [1.29, 1.82) is 0 Å². The number of allylic oxidation sites excluding steroid dienone is 2. The van der Waals surface area contributed by atoms with E-state index in [1.807, 2.05) is 13.0 Å². The number of aliphatic hydroxyl groups excluding tert-OH is 1. The molecule has 1 heterocycles. The standard InChI is InChI=1S/C14H18N2O2/c1-6-16(5)11(3)14(17)12(4)18-13-8-7-9-15-10(13)2/h6-9H,1H2,2-5H3/p+1. The van der Waals surface area contributed by atoms with Crippen LogP contribution in [0.25, 0.3) is 0 Å². The molecule has 1 rings (SSSR count). The van der Waals surface area contributed by atoms with Crippen LogP contribution in [0.1, 0.15) is 19.5 Å². The summed E-state index contributed by atoms with van der Waals surface area (Å²) in [6.07, 6.45) is 3.32. The maximum Gasteiger partial charge on any atom is 0.223 e. The molecule has 4 heteroatoms. The van der Waals surface area contributed by atoms with Gasteiger partial charge in [-0.05, 0) is 32.6 Å². The Kier molecular flexibility index (Phi) is 4.66. The lowest BCUT2D eigenvalue weighted by molar-refractivity contribution is -0.422. The monoisotopic (exact) mass is 247 g/mol. The molecule has 0 aliphatic rings. The van der Waals surface area contributed by atoms with E-state index in [-0.39, 0.29) is 5.76 Å². The highest BCUT2D eigenvalue weighted by atomic mass is 16.5. The van der Waals surface area contributed by atoms with E-state index in [2.05, 4.69) is 11.6 Å². The Hall–Kier alpha value is -2.10. The van der Waals surface area contributed by atoms with Gasteiger partial charge >= 0.3 is 0 Å². The highest BCUT2D eigenvalue weighted by Crippen LogP contribution is 2.18. The van der Waals surface area contributed by atoms with Gasteiger partial charge in [0.2, 0.25) is 11.5 Å². The van der Waals surface area contributed by atoms with Gasteiger partial charge in [-0.1, -0.05) is 0 Å². The molecule has 0 fully saturated rings. The van der Waals surface area contributed by atoms with Crippen LogP contribution in [0.15, 0.2) is 42.6 Å². The fourth-order valence-electron chi connectivity index (χ4n) is 1.35. The fourth-order valence-corrected chi connectivity index (χ4v) is 1.35. The molecule has 1 aromatic rings. The quantitative estimate of drug-likeness (QED) is 0.505. The molecule has 0 spiro atoms. The number of aliphatic hydroxyl groups is 1. The van der Waals surface area contributed by atoms with Gasteiger partial charge in [-0.2, -0.15) is 0 Å². The van der Waals surface area contributed by atoms with Crippen LogP contribution >= 0.6 is 0 Å². The van der Waals surface area contributed by atoms with Crippen LogP contribution in [-0.4, -0.2) is 27.4 Å². The minimum atomic E-state index is 0.0978. The normalized spacial score (nSPS) is 13.6. The largest absolute Gasteiger partial charge is 0.500 e. The van der Waals surface area contributed by atoms with Crippen molar-refractivity contribution in [3.05, 3.63) is 48.3 Å². The van der Waals surface area contributed by atoms with Crippen LogP contribution in [0.5, 0.6) is 5.75 Å². The minimum absolute atomic E-state index is 0.0978. The molecule has 0 atom stereocenters. The lowest BCUT2D eigenvalue weighted by Gasteiger charge is -2.09. The van der Waals surface area contributed by atoms with Crippen LogP contribution in [0.4, 0.5) is 0 Å². The summed E-state index contributed by atoms with van der Waals surface area (Å²) in [6.45, 7) is 9.00. The van der Waals surface area contributed by atoms with Gasteiger partial charge < -0.3 is 9.84 Å². The summed E-state index contributed by atoms with van der Waals surface area (Å²) in [5, 5.41) is 10.0. The Morgan fingerprint density at radius 1 is 1.50 bits per heavy atom. The average molecular weight is 247 g/mol. The number of ether oxygens (including phenoxy) is 1. The summed E-state index contributed by atoms with van der Waals surface area (Å²) in [5.74, 6) is 1.16. The third-order valence-electron chi connectivity index (χ3n) is 2.70. The SMILES string of the molecule is C=C[N+](C)=C(C)C(O)=C(C)Oc1cccnc1C. The molecule has 1 N–H and O–H groups in total. The van der Waals surface area contributed by atoms with Gasteiger partial charge in [-0.15, -0.1) is 0 Å². The molecule has 0 saturated heterocycles. The smallest absolute Gasteiger partial charge is 0.223 e. The summed E-state index contributed by atoms with van der Waals surface area (Å²) < 4.78 is 7.33. The van der Waals surface area contributed by atoms with Crippen LogP contribution < -0.4 is 4.74 Å². The van der Waals surface area contributed by atoms with Crippen LogP contribution in [-0.2, 0) is 0 Å². The third-order valence-corrected chi connectivity index (χ3v) is 2.70. The second-order valence-electron chi connectivity index (χ2n) is 3.97. The number of rotatable bonds is 4. The van der Waals surface area contributed by atoms with Gasteiger partial charge in [0, 0.05) is 13.1 Å². The van der Waals surface area contributed by atoms with E-state index in [1.165, 1.54) is 0 Å². The van der Waals surface area contributed by atoms with Crippen molar-refractivity contribution < 1.29 is 14.4 Å². The number of aryl methyl sites for hydroxylation is 1. The number of hydrogen-bond donors (Lipinski definition) is 1. The van der Waals surface area contributed by atoms with Crippen molar-refractivity contribution in [1.82, 2.24) is 4.98 Å². The highest BCUT2D eigenvalue weighted by Gasteiger charge is 2.14. The number of aromatic nitrogens is 1. The third kappa shape index (κ3) is 3.20. The predicted octanol–water partition coefficient (Wildman–Crippen LogP) is 2.81. The molecule has 0 radical (unpaired) electrons. The summed E-state index contributed by atoms with van der Waals surface area (Å²) in [7, 11) is 1.81. The molecule has 18 heavy (non-hydrogen) atoms.